The number of phenols is 1. The summed E-state index contributed by atoms with van der Waals surface area (Å²) < 4.78 is 1.08. The molecule has 3 heteroatoms. The fourth-order valence-corrected chi connectivity index (χ4v) is 2.42. The molecule has 64 valence electrons. The van der Waals surface area contributed by atoms with Crippen molar-refractivity contribution >= 4 is 22.6 Å². The van der Waals surface area contributed by atoms with Crippen molar-refractivity contribution in [2.45, 2.75) is 18.9 Å². The van der Waals surface area contributed by atoms with E-state index in [0.29, 0.717) is 5.75 Å². The Hall–Kier alpha value is -0.290. The summed E-state index contributed by atoms with van der Waals surface area (Å²) in [5, 5.41) is 9.60. The molecule has 1 atom stereocenters. The second-order valence-electron chi connectivity index (χ2n) is 3.14. The van der Waals surface area contributed by atoms with Gasteiger partial charge in [-0.25, -0.2) is 0 Å². The molecule has 0 spiro atoms. The number of rotatable bonds is 0. The first kappa shape index (κ1) is 8.31. The number of hydrogen-bond donors (Lipinski definition) is 2. The highest BCUT2D eigenvalue weighted by Crippen LogP contribution is 2.36. The van der Waals surface area contributed by atoms with Crippen LogP contribution in [0.3, 0.4) is 0 Å². The predicted molar refractivity (Wildman–Crippen MR) is 56.1 cm³/mol. The van der Waals surface area contributed by atoms with Gasteiger partial charge < -0.3 is 10.8 Å². The molecule has 0 amide bonds. The monoisotopic (exact) mass is 275 g/mol. The average molecular weight is 275 g/mol. The van der Waals surface area contributed by atoms with Crippen LogP contribution in [0, 0.1) is 3.57 Å². The van der Waals surface area contributed by atoms with E-state index in [-0.39, 0.29) is 6.04 Å². The standard InChI is InChI=1S/C9H10INO/c10-6-3-5-1-2-7(11)9(5)8(12)4-6/h3-4,7,12H,1-2,11H2. The molecular formula is C9H10INO. The van der Waals surface area contributed by atoms with Crippen molar-refractivity contribution < 1.29 is 5.11 Å². The molecule has 2 rings (SSSR count). The summed E-state index contributed by atoms with van der Waals surface area (Å²) >= 11 is 2.21. The number of fused-ring (bicyclic) bond motifs is 1. The predicted octanol–water partition coefficient (Wildman–Crippen LogP) is 1.94. The highest BCUT2D eigenvalue weighted by molar-refractivity contribution is 14.1. The lowest BCUT2D eigenvalue weighted by atomic mass is 10.1. The van der Waals surface area contributed by atoms with Gasteiger partial charge in [-0.2, -0.15) is 0 Å². The molecule has 0 heterocycles. The number of hydrogen-bond acceptors (Lipinski definition) is 2. The van der Waals surface area contributed by atoms with E-state index in [0.717, 1.165) is 22.0 Å². The van der Waals surface area contributed by atoms with E-state index in [4.69, 9.17) is 5.73 Å². The van der Waals surface area contributed by atoms with Gasteiger partial charge in [0.1, 0.15) is 5.75 Å². The normalized spacial score (nSPS) is 21.0. The molecule has 0 saturated carbocycles. The van der Waals surface area contributed by atoms with Crippen molar-refractivity contribution in [1.29, 1.82) is 0 Å². The number of aromatic hydroxyl groups is 1. The van der Waals surface area contributed by atoms with E-state index >= 15 is 0 Å². The van der Waals surface area contributed by atoms with E-state index in [1.165, 1.54) is 5.56 Å². The third-order valence-corrected chi connectivity index (χ3v) is 2.93. The van der Waals surface area contributed by atoms with Crippen LogP contribution >= 0.6 is 22.6 Å². The molecule has 0 saturated heterocycles. The first-order chi connectivity index (χ1) is 5.68. The lowest BCUT2D eigenvalue weighted by Gasteiger charge is -2.07. The van der Waals surface area contributed by atoms with Crippen LogP contribution < -0.4 is 5.73 Å². The molecule has 0 radical (unpaired) electrons. The Labute approximate surface area is 84.9 Å². The Bertz CT molecular complexity index is 325. The number of benzene rings is 1. The second-order valence-corrected chi connectivity index (χ2v) is 4.39. The molecule has 3 N–H and O–H groups in total. The summed E-state index contributed by atoms with van der Waals surface area (Å²) in [5.41, 5.74) is 8.00. The minimum absolute atomic E-state index is 0.0389. The molecule has 1 aliphatic carbocycles. The zero-order valence-corrected chi connectivity index (χ0v) is 8.71. The topological polar surface area (TPSA) is 46.2 Å². The zero-order chi connectivity index (χ0) is 8.72. The molecule has 1 unspecified atom stereocenters. The number of phenolic OH excluding ortho intramolecular Hbond substituents is 1. The molecule has 1 aromatic carbocycles. The summed E-state index contributed by atoms with van der Waals surface area (Å²) in [4.78, 5) is 0. The summed E-state index contributed by atoms with van der Waals surface area (Å²) in [6, 6.07) is 3.91. The van der Waals surface area contributed by atoms with E-state index in [9.17, 15) is 5.11 Å². The third kappa shape index (κ3) is 1.21. The summed E-state index contributed by atoms with van der Waals surface area (Å²) in [6.45, 7) is 0. The fraction of sp³-hybridized carbons (Fsp3) is 0.333. The van der Waals surface area contributed by atoms with Gasteiger partial charge >= 0.3 is 0 Å². The van der Waals surface area contributed by atoms with Gasteiger partial charge in [0.25, 0.3) is 0 Å². The van der Waals surface area contributed by atoms with Gasteiger partial charge in [0.05, 0.1) is 0 Å². The molecular weight excluding hydrogens is 265 g/mol. The summed E-state index contributed by atoms with van der Waals surface area (Å²) in [7, 11) is 0. The van der Waals surface area contributed by atoms with Crippen LogP contribution in [0.2, 0.25) is 0 Å². The van der Waals surface area contributed by atoms with E-state index in [2.05, 4.69) is 28.7 Å². The molecule has 2 nitrogen and oxygen atoms in total. The molecule has 1 aliphatic rings. The van der Waals surface area contributed by atoms with Crippen LogP contribution in [0.4, 0.5) is 0 Å². The Morgan fingerprint density at radius 2 is 2.25 bits per heavy atom. The second kappa shape index (κ2) is 2.88. The van der Waals surface area contributed by atoms with E-state index in [1.807, 2.05) is 0 Å². The van der Waals surface area contributed by atoms with Crippen molar-refractivity contribution in [1.82, 2.24) is 0 Å². The highest BCUT2D eigenvalue weighted by atomic mass is 127. The largest absolute Gasteiger partial charge is 0.508 e. The van der Waals surface area contributed by atoms with Crippen molar-refractivity contribution in [3.63, 3.8) is 0 Å². The maximum atomic E-state index is 9.60. The smallest absolute Gasteiger partial charge is 0.121 e. The summed E-state index contributed by atoms with van der Waals surface area (Å²) in [5.74, 6) is 0.363. The fourth-order valence-electron chi connectivity index (χ4n) is 1.75. The molecule has 12 heavy (non-hydrogen) atoms. The van der Waals surface area contributed by atoms with E-state index in [1.54, 1.807) is 6.07 Å². The van der Waals surface area contributed by atoms with Crippen LogP contribution in [-0.4, -0.2) is 5.11 Å². The first-order valence-electron chi connectivity index (χ1n) is 3.95. The summed E-state index contributed by atoms with van der Waals surface area (Å²) in [6.07, 6.45) is 1.96. The van der Waals surface area contributed by atoms with Gasteiger partial charge in [-0.3, -0.25) is 0 Å². The minimum Gasteiger partial charge on any atom is -0.508 e. The van der Waals surface area contributed by atoms with Crippen LogP contribution in [-0.2, 0) is 6.42 Å². The van der Waals surface area contributed by atoms with Gasteiger partial charge in [0, 0.05) is 15.2 Å². The Balaban J connectivity index is 2.60. The van der Waals surface area contributed by atoms with Crippen LogP contribution in [0.15, 0.2) is 12.1 Å². The number of nitrogens with two attached hydrogens (primary N) is 1. The van der Waals surface area contributed by atoms with Gasteiger partial charge in [-0.15, -0.1) is 0 Å². The van der Waals surface area contributed by atoms with Crippen molar-refractivity contribution in [2.75, 3.05) is 0 Å². The molecule has 1 aromatic rings. The van der Waals surface area contributed by atoms with Crippen molar-refractivity contribution in [2.24, 2.45) is 5.73 Å². The molecule has 0 aliphatic heterocycles. The Morgan fingerprint density at radius 1 is 1.50 bits per heavy atom. The van der Waals surface area contributed by atoms with Crippen LogP contribution in [0.25, 0.3) is 0 Å². The highest BCUT2D eigenvalue weighted by Gasteiger charge is 2.22. The lowest BCUT2D eigenvalue weighted by molar-refractivity contribution is 0.463. The first-order valence-corrected chi connectivity index (χ1v) is 5.03. The molecule has 0 fully saturated rings. The van der Waals surface area contributed by atoms with Crippen molar-refractivity contribution in [3.05, 3.63) is 26.8 Å². The quantitative estimate of drug-likeness (QED) is 0.711. The minimum atomic E-state index is 0.0389. The van der Waals surface area contributed by atoms with Crippen molar-refractivity contribution in [3.8, 4) is 5.75 Å². The maximum absolute atomic E-state index is 9.60. The van der Waals surface area contributed by atoms with E-state index < -0.39 is 0 Å². The third-order valence-electron chi connectivity index (χ3n) is 2.30. The van der Waals surface area contributed by atoms with Crippen LogP contribution in [0.5, 0.6) is 5.75 Å². The van der Waals surface area contributed by atoms with Gasteiger partial charge in [-0.1, -0.05) is 0 Å². The average Bonchev–Trinajstić information content (AvgIpc) is 2.31. The number of halogens is 1. The Kier molecular flexibility index (Phi) is 2.00. The molecule has 0 aromatic heterocycles. The SMILES string of the molecule is NC1CCc2cc(I)cc(O)c21. The van der Waals surface area contributed by atoms with Gasteiger partial charge in [0.15, 0.2) is 0 Å². The lowest BCUT2D eigenvalue weighted by Crippen LogP contribution is -2.05. The Morgan fingerprint density at radius 3 is 3.00 bits per heavy atom. The molecule has 0 bridgehead atoms. The number of aryl methyl sites for hydroxylation is 1. The van der Waals surface area contributed by atoms with Gasteiger partial charge in [0.2, 0.25) is 0 Å². The zero-order valence-electron chi connectivity index (χ0n) is 6.55. The van der Waals surface area contributed by atoms with Crippen LogP contribution in [0.1, 0.15) is 23.6 Å². The van der Waals surface area contributed by atoms with Gasteiger partial charge in [-0.05, 0) is 53.1 Å². The maximum Gasteiger partial charge on any atom is 0.121 e.